The molecule has 12 heavy (non-hydrogen) atoms. The predicted molar refractivity (Wildman–Crippen MR) is 48.9 cm³/mol. The molecule has 0 aromatic heterocycles. The van der Waals surface area contributed by atoms with Crippen LogP contribution in [0.3, 0.4) is 0 Å². The lowest BCUT2D eigenvalue weighted by Gasteiger charge is -2.31. The van der Waals surface area contributed by atoms with Crippen molar-refractivity contribution in [1.29, 1.82) is 0 Å². The first kappa shape index (κ1) is 8.03. The summed E-state index contributed by atoms with van der Waals surface area (Å²) in [6.45, 7) is 4.33. The maximum Gasteiger partial charge on any atom is 0.142 e. The minimum atomic E-state index is -0.0394. The molecule has 0 aromatic rings. The van der Waals surface area contributed by atoms with Crippen molar-refractivity contribution in [1.82, 2.24) is 0 Å². The van der Waals surface area contributed by atoms with Crippen molar-refractivity contribution in [2.24, 2.45) is 5.41 Å². The summed E-state index contributed by atoms with van der Waals surface area (Å²) in [6, 6.07) is 0. The molecule has 2 aliphatic rings. The van der Waals surface area contributed by atoms with Crippen LogP contribution in [-0.4, -0.2) is 5.78 Å². The highest BCUT2D eigenvalue weighted by Crippen LogP contribution is 2.49. The third kappa shape index (κ3) is 0.886. The molecule has 0 spiro atoms. The number of carbonyl (C=O) groups excluding carboxylic acids is 1. The number of carbonyl (C=O) groups is 1. The zero-order valence-electron chi connectivity index (χ0n) is 7.94. The van der Waals surface area contributed by atoms with E-state index >= 15 is 0 Å². The number of fused-ring (bicyclic) bond motifs is 1. The number of Topliss-reactive ketones (excluding diaryl/α,β-unsaturated/α-hetero) is 1. The highest BCUT2D eigenvalue weighted by molar-refractivity contribution is 5.89. The first-order chi connectivity index (χ1) is 5.64. The second kappa shape index (κ2) is 2.45. The van der Waals surface area contributed by atoms with Gasteiger partial charge in [-0.25, -0.2) is 0 Å². The van der Waals surface area contributed by atoms with Gasteiger partial charge in [-0.1, -0.05) is 11.1 Å². The Kier molecular flexibility index (Phi) is 1.64. The third-order valence-corrected chi connectivity index (χ3v) is 3.63. The van der Waals surface area contributed by atoms with Crippen LogP contribution in [0.2, 0.25) is 0 Å². The summed E-state index contributed by atoms with van der Waals surface area (Å²) in [6.07, 6.45) is 5.30. The summed E-state index contributed by atoms with van der Waals surface area (Å²) in [5.74, 6) is 0.487. The zero-order valence-corrected chi connectivity index (χ0v) is 7.94. The second-order valence-electron chi connectivity index (χ2n) is 4.37. The summed E-state index contributed by atoms with van der Waals surface area (Å²) in [5, 5.41) is 0. The molecule has 1 nitrogen and oxygen atoms in total. The maximum absolute atomic E-state index is 11.7. The Morgan fingerprint density at radius 3 is 2.67 bits per heavy atom. The van der Waals surface area contributed by atoms with E-state index in [9.17, 15) is 4.79 Å². The summed E-state index contributed by atoms with van der Waals surface area (Å²) in [5.41, 5.74) is 2.92. The monoisotopic (exact) mass is 164 g/mol. The summed E-state index contributed by atoms with van der Waals surface area (Å²) >= 11 is 0. The molecule has 66 valence electrons. The number of hydrogen-bond donors (Lipinski definition) is 0. The third-order valence-electron chi connectivity index (χ3n) is 3.63. The lowest BCUT2D eigenvalue weighted by Crippen LogP contribution is -2.30. The fraction of sp³-hybridized carbons (Fsp3) is 0.727. The molecule has 1 saturated carbocycles. The molecule has 0 unspecified atom stereocenters. The molecular formula is C11H16O. The van der Waals surface area contributed by atoms with Crippen LogP contribution in [0.4, 0.5) is 0 Å². The quantitative estimate of drug-likeness (QED) is 0.503. The van der Waals surface area contributed by atoms with Crippen LogP contribution in [0, 0.1) is 5.41 Å². The van der Waals surface area contributed by atoms with Gasteiger partial charge in [0.2, 0.25) is 0 Å². The van der Waals surface area contributed by atoms with E-state index in [1.807, 2.05) is 0 Å². The molecule has 0 heterocycles. The first-order valence-electron chi connectivity index (χ1n) is 4.87. The van der Waals surface area contributed by atoms with Gasteiger partial charge < -0.3 is 0 Å². The molecule has 1 heteroatoms. The number of rotatable bonds is 0. The minimum absolute atomic E-state index is 0.0394. The van der Waals surface area contributed by atoms with Crippen molar-refractivity contribution >= 4 is 5.78 Å². The van der Waals surface area contributed by atoms with Crippen molar-refractivity contribution in [2.45, 2.75) is 46.0 Å². The van der Waals surface area contributed by atoms with Gasteiger partial charge in [0, 0.05) is 11.8 Å². The lowest BCUT2D eigenvalue weighted by atomic mass is 9.71. The van der Waals surface area contributed by atoms with E-state index in [4.69, 9.17) is 0 Å². The molecule has 1 fully saturated rings. The largest absolute Gasteiger partial charge is 0.299 e. The fourth-order valence-corrected chi connectivity index (χ4v) is 2.71. The molecule has 0 amide bonds. The van der Waals surface area contributed by atoms with Gasteiger partial charge in [0.1, 0.15) is 5.78 Å². The van der Waals surface area contributed by atoms with E-state index in [0.717, 1.165) is 25.7 Å². The zero-order chi connectivity index (χ0) is 8.77. The lowest BCUT2D eigenvalue weighted by molar-refractivity contribution is -0.127. The molecular weight excluding hydrogens is 148 g/mol. The van der Waals surface area contributed by atoms with Crippen molar-refractivity contribution < 1.29 is 4.79 Å². The van der Waals surface area contributed by atoms with Crippen LogP contribution in [-0.2, 0) is 4.79 Å². The highest BCUT2D eigenvalue weighted by Gasteiger charge is 2.42. The van der Waals surface area contributed by atoms with E-state index < -0.39 is 0 Å². The molecule has 0 aliphatic heterocycles. The molecule has 0 saturated heterocycles. The molecule has 0 radical (unpaired) electrons. The molecule has 2 rings (SSSR count). The van der Waals surface area contributed by atoms with Crippen molar-refractivity contribution in [3.05, 3.63) is 11.1 Å². The van der Waals surface area contributed by atoms with E-state index in [1.165, 1.54) is 17.6 Å². The van der Waals surface area contributed by atoms with Gasteiger partial charge >= 0.3 is 0 Å². The van der Waals surface area contributed by atoms with Crippen LogP contribution in [0.25, 0.3) is 0 Å². The Bertz CT molecular complexity index is 262. The second-order valence-corrected chi connectivity index (χ2v) is 4.37. The molecule has 0 aromatic carbocycles. The maximum atomic E-state index is 11.7. The van der Waals surface area contributed by atoms with Gasteiger partial charge in [-0.15, -0.1) is 0 Å². The van der Waals surface area contributed by atoms with E-state index in [1.54, 1.807) is 0 Å². The first-order valence-corrected chi connectivity index (χ1v) is 4.87. The normalized spacial score (nSPS) is 35.7. The standard InChI is InChI=1S/C11H16O/c1-8-6-7-11(2)9(8)4-3-5-10(11)12/h3-7H2,1-2H3/t11-/m0/s1. The summed E-state index contributed by atoms with van der Waals surface area (Å²) < 4.78 is 0. The highest BCUT2D eigenvalue weighted by atomic mass is 16.1. The van der Waals surface area contributed by atoms with Gasteiger partial charge in [-0.3, -0.25) is 4.79 Å². The smallest absolute Gasteiger partial charge is 0.142 e. The Morgan fingerprint density at radius 2 is 2.00 bits per heavy atom. The molecule has 0 bridgehead atoms. The number of hydrogen-bond acceptors (Lipinski definition) is 1. The molecule has 0 N–H and O–H groups in total. The Morgan fingerprint density at radius 1 is 1.25 bits per heavy atom. The van der Waals surface area contributed by atoms with Crippen LogP contribution in [0.15, 0.2) is 11.1 Å². The Labute approximate surface area is 73.8 Å². The van der Waals surface area contributed by atoms with Crippen LogP contribution in [0.1, 0.15) is 46.0 Å². The predicted octanol–water partition coefficient (Wildman–Crippen LogP) is 2.86. The van der Waals surface area contributed by atoms with E-state index in [0.29, 0.717) is 5.78 Å². The van der Waals surface area contributed by atoms with Gasteiger partial charge in [0.05, 0.1) is 0 Å². The Balaban J connectivity index is 2.41. The van der Waals surface area contributed by atoms with E-state index in [-0.39, 0.29) is 5.41 Å². The Hall–Kier alpha value is -0.590. The molecule has 2 aliphatic carbocycles. The van der Waals surface area contributed by atoms with Gasteiger partial charge in [0.25, 0.3) is 0 Å². The van der Waals surface area contributed by atoms with Crippen LogP contribution >= 0.6 is 0 Å². The fourth-order valence-electron chi connectivity index (χ4n) is 2.71. The minimum Gasteiger partial charge on any atom is -0.299 e. The average molecular weight is 164 g/mol. The SMILES string of the molecule is CC1=C2CCCC(=O)[C@@]2(C)CC1. The van der Waals surface area contributed by atoms with Gasteiger partial charge in [0.15, 0.2) is 0 Å². The van der Waals surface area contributed by atoms with Crippen molar-refractivity contribution in [2.75, 3.05) is 0 Å². The van der Waals surface area contributed by atoms with Crippen molar-refractivity contribution in [3.63, 3.8) is 0 Å². The van der Waals surface area contributed by atoms with Crippen LogP contribution < -0.4 is 0 Å². The number of ketones is 1. The number of allylic oxidation sites excluding steroid dienone is 2. The average Bonchev–Trinajstić information content (AvgIpc) is 2.33. The summed E-state index contributed by atoms with van der Waals surface area (Å²) in [4.78, 5) is 11.7. The summed E-state index contributed by atoms with van der Waals surface area (Å²) in [7, 11) is 0. The van der Waals surface area contributed by atoms with Gasteiger partial charge in [-0.05, 0) is 39.5 Å². The van der Waals surface area contributed by atoms with Crippen molar-refractivity contribution in [3.8, 4) is 0 Å². The van der Waals surface area contributed by atoms with E-state index in [2.05, 4.69) is 13.8 Å². The molecule has 1 atom stereocenters. The van der Waals surface area contributed by atoms with Gasteiger partial charge in [-0.2, -0.15) is 0 Å². The topological polar surface area (TPSA) is 17.1 Å². The van der Waals surface area contributed by atoms with Crippen LogP contribution in [0.5, 0.6) is 0 Å².